The molecule has 10 heteroatoms. The standard InChI is InChI=1S/C9H12N6OS3/c1-6-13-15-9(19-6)18-4-7(16)10-2-3-17-8-11-5-12-14-8/h5H,2-4H2,1H3,(H,10,16)(H,11,12,14). The number of H-pyrrole nitrogens is 1. The third-order valence-electron chi connectivity index (χ3n) is 1.89. The molecule has 0 aliphatic heterocycles. The molecule has 2 heterocycles. The van der Waals surface area contributed by atoms with Crippen LogP contribution in [0.3, 0.4) is 0 Å². The lowest BCUT2D eigenvalue weighted by molar-refractivity contribution is -0.118. The monoisotopic (exact) mass is 316 g/mol. The first-order valence-electron chi connectivity index (χ1n) is 5.42. The molecule has 0 bridgehead atoms. The van der Waals surface area contributed by atoms with E-state index in [-0.39, 0.29) is 5.91 Å². The highest BCUT2D eigenvalue weighted by Crippen LogP contribution is 2.21. The third-order valence-corrected chi connectivity index (χ3v) is 4.74. The van der Waals surface area contributed by atoms with E-state index in [1.165, 1.54) is 41.2 Å². The van der Waals surface area contributed by atoms with E-state index < -0.39 is 0 Å². The van der Waals surface area contributed by atoms with E-state index in [4.69, 9.17) is 0 Å². The Morgan fingerprint density at radius 1 is 1.47 bits per heavy atom. The van der Waals surface area contributed by atoms with Crippen LogP contribution in [-0.2, 0) is 4.79 Å². The fourth-order valence-corrected chi connectivity index (χ4v) is 3.40. The molecule has 0 atom stereocenters. The summed E-state index contributed by atoms with van der Waals surface area (Å²) in [4.78, 5) is 15.5. The molecule has 2 N–H and O–H groups in total. The van der Waals surface area contributed by atoms with Gasteiger partial charge in [0.25, 0.3) is 0 Å². The molecule has 0 saturated carbocycles. The van der Waals surface area contributed by atoms with Gasteiger partial charge in [-0.3, -0.25) is 9.89 Å². The molecule has 1 amide bonds. The summed E-state index contributed by atoms with van der Waals surface area (Å²) in [5, 5.41) is 18.8. The molecule has 2 aromatic heterocycles. The lowest BCUT2D eigenvalue weighted by atomic mass is 10.6. The summed E-state index contributed by atoms with van der Waals surface area (Å²) in [6.45, 7) is 2.49. The number of aryl methyl sites for hydroxylation is 1. The number of aromatic amines is 1. The molecule has 0 aromatic carbocycles. The van der Waals surface area contributed by atoms with Crippen molar-refractivity contribution in [3.63, 3.8) is 0 Å². The Balaban J connectivity index is 1.57. The molecule has 2 aromatic rings. The molecule has 0 spiro atoms. The van der Waals surface area contributed by atoms with Crippen molar-refractivity contribution in [1.29, 1.82) is 0 Å². The van der Waals surface area contributed by atoms with Gasteiger partial charge >= 0.3 is 0 Å². The Morgan fingerprint density at radius 3 is 3.05 bits per heavy atom. The fraction of sp³-hybridized carbons (Fsp3) is 0.444. The number of thioether (sulfide) groups is 2. The maximum atomic E-state index is 11.6. The summed E-state index contributed by atoms with van der Waals surface area (Å²) in [6, 6.07) is 0. The summed E-state index contributed by atoms with van der Waals surface area (Å²) in [5.41, 5.74) is 0. The largest absolute Gasteiger partial charge is 0.355 e. The van der Waals surface area contributed by atoms with Crippen molar-refractivity contribution in [2.45, 2.75) is 16.4 Å². The fourth-order valence-electron chi connectivity index (χ4n) is 1.12. The summed E-state index contributed by atoms with van der Waals surface area (Å²) >= 11 is 4.41. The van der Waals surface area contributed by atoms with Crippen molar-refractivity contribution < 1.29 is 4.79 Å². The van der Waals surface area contributed by atoms with E-state index in [1.54, 1.807) is 0 Å². The minimum absolute atomic E-state index is 0.00368. The molecule has 0 saturated heterocycles. The maximum absolute atomic E-state index is 11.6. The average molecular weight is 316 g/mol. The molecule has 102 valence electrons. The zero-order valence-corrected chi connectivity index (χ0v) is 12.6. The van der Waals surface area contributed by atoms with Crippen LogP contribution in [0.1, 0.15) is 5.01 Å². The van der Waals surface area contributed by atoms with Crippen LogP contribution < -0.4 is 5.32 Å². The van der Waals surface area contributed by atoms with Gasteiger partial charge in [-0.05, 0) is 6.92 Å². The van der Waals surface area contributed by atoms with Crippen molar-refractivity contribution >= 4 is 40.8 Å². The van der Waals surface area contributed by atoms with E-state index in [0.717, 1.165) is 20.3 Å². The maximum Gasteiger partial charge on any atom is 0.230 e. The van der Waals surface area contributed by atoms with Crippen LogP contribution >= 0.6 is 34.9 Å². The summed E-state index contributed by atoms with van der Waals surface area (Å²) in [5.74, 6) is 1.11. The van der Waals surface area contributed by atoms with Gasteiger partial charge in [0.2, 0.25) is 5.91 Å². The Labute approximate surface area is 122 Å². The zero-order valence-electron chi connectivity index (χ0n) is 10.1. The third kappa shape index (κ3) is 5.17. The van der Waals surface area contributed by atoms with Gasteiger partial charge < -0.3 is 5.32 Å². The highest BCUT2D eigenvalue weighted by atomic mass is 32.2. The summed E-state index contributed by atoms with van der Waals surface area (Å²) < 4.78 is 0.823. The molecule has 19 heavy (non-hydrogen) atoms. The minimum atomic E-state index is -0.00368. The molecule has 0 radical (unpaired) electrons. The molecule has 2 rings (SSSR count). The molecule has 0 fully saturated rings. The molecule has 0 aliphatic rings. The minimum Gasteiger partial charge on any atom is -0.355 e. The van der Waals surface area contributed by atoms with Crippen LogP contribution in [0.25, 0.3) is 0 Å². The number of hydrogen-bond acceptors (Lipinski definition) is 8. The number of rotatable bonds is 7. The Bertz CT molecular complexity index is 514. The average Bonchev–Trinajstić information content (AvgIpc) is 3.03. The lowest BCUT2D eigenvalue weighted by Crippen LogP contribution is -2.27. The predicted octanol–water partition coefficient (Wildman–Crippen LogP) is 0.965. The topological polar surface area (TPSA) is 96.5 Å². The van der Waals surface area contributed by atoms with Crippen molar-refractivity contribution in [3.05, 3.63) is 11.3 Å². The van der Waals surface area contributed by atoms with E-state index in [1.807, 2.05) is 6.92 Å². The number of carbonyl (C=O) groups excluding carboxylic acids is 1. The second-order valence-electron chi connectivity index (χ2n) is 3.36. The smallest absolute Gasteiger partial charge is 0.230 e. The first-order chi connectivity index (χ1) is 9.24. The van der Waals surface area contributed by atoms with Gasteiger partial charge in [0, 0.05) is 12.3 Å². The Hall–Kier alpha value is -1.13. The SMILES string of the molecule is Cc1nnc(SCC(=O)NCCSc2ncn[nH]2)s1. The Morgan fingerprint density at radius 2 is 2.37 bits per heavy atom. The summed E-state index contributed by atoms with van der Waals surface area (Å²) in [7, 11) is 0. The van der Waals surface area contributed by atoms with Gasteiger partial charge in [0.05, 0.1) is 5.75 Å². The number of aromatic nitrogens is 5. The van der Waals surface area contributed by atoms with Gasteiger partial charge in [-0.25, -0.2) is 4.98 Å². The second kappa shape index (κ2) is 7.46. The molecule has 0 unspecified atom stereocenters. The van der Waals surface area contributed by atoms with Gasteiger partial charge in [0.1, 0.15) is 11.3 Å². The summed E-state index contributed by atoms with van der Waals surface area (Å²) in [6.07, 6.45) is 1.46. The van der Waals surface area contributed by atoms with E-state index in [9.17, 15) is 4.79 Å². The van der Waals surface area contributed by atoms with Crippen LogP contribution in [-0.4, -0.2) is 49.3 Å². The van der Waals surface area contributed by atoms with Crippen LogP contribution in [0.4, 0.5) is 0 Å². The predicted molar refractivity (Wildman–Crippen MR) is 75.5 cm³/mol. The van der Waals surface area contributed by atoms with Gasteiger partial charge in [-0.1, -0.05) is 34.9 Å². The van der Waals surface area contributed by atoms with Crippen LogP contribution in [0.2, 0.25) is 0 Å². The van der Waals surface area contributed by atoms with Crippen LogP contribution in [0, 0.1) is 6.92 Å². The molecule has 0 aliphatic carbocycles. The number of nitrogens with one attached hydrogen (secondary N) is 2. The first-order valence-corrected chi connectivity index (χ1v) is 8.20. The van der Waals surface area contributed by atoms with Crippen molar-refractivity contribution in [2.75, 3.05) is 18.1 Å². The highest BCUT2D eigenvalue weighted by molar-refractivity contribution is 8.01. The molecular weight excluding hydrogens is 304 g/mol. The van der Waals surface area contributed by atoms with E-state index >= 15 is 0 Å². The zero-order chi connectivity index (χ0) is 13.5. The van der Waals surface area contributed by atoms with E-state index in [2.05, 4.69) is 30.7 Å². The quantitative estimate of drug-likeness (QED) is 0.580. The first kappa shape index (κ1) is 14.3. The van der Waals surface area contributed by atoms with Crippen LogP contribution in [0.15, 0.2) is 15.8 Å². The number of amides is 1. The number of hydrogen-bond donors (Lipinski definition) is 2. The van der Waals surface area contributed by atoms with Gasteiger partial charge in [-0.2, -0.15) is 5.10 Å². The lowest BCUT2D eigenvalue weighted by Gasteiger charge is -2.02. The van der Waals surface area contributed by atoms with Crippen molar-refractivity contribution in [2.24, 2.45) is 0 Å². The van der Waals surface area contributed by atoms with Crippen molar-refractivity contribution in [1.82, 2.24) is 30.7 Å². The van der Waals surface area contributed by atoms with Crippen molar-refractivity contribution in [3.8, 4) is 0 Å². The normalized spacial score (nSPS) is 10.6. The van der Waals surface area contributed by atoms with E-state index in [0.29, 0.717) is 12.3 Å². The Kier molecular flexibility index (Phi) is 5.61. The van der Waals surface area contributed by atoms with Crippen LogP contribution in [0.5, 0.6) is 0 Å². The molecule has 7 nitrogen and oxygen atoms in total. The second-order valence-corrected chi connectivity index (χ2v) is 6.85. The number of nitrogens with zero attached hydrogens (tertiary/aromatic N) is 4. The number of carbonyl (C=O) groups is 1. The molecular formula is C9H12N6OS3. The van der Waals surface area contributed by atoms with Gasteiger partial charge in [0.15, 0.2) is 9.50 Å². The highest BCUT2D eigenvalue weighted by Gasteiger charge is 2.06. The van der Waals surface area contributed by atoms with Gasteiger partial charge in [-0.15, -0.1) is 10.2 Å².